The van der Waals surface area contributed by atoms with E-state index in [0.717, 1.165) is 13.1 Å². The SMILES string of the molecule is CC(=O)NCCN(C)CCNC(C)=O. The Morgan fingerprint density at radius 3 is 1.64 bits per heavy atom. The normalized spacial score (nSPS) is 10.0. The number of hydrogen-bond acceptors (Lipinski definition) is 3. The monoisotopic (exact) mass is 201 g/mol. The molecular weight excluding hydrogens is 182 g/mol. The van der Waals surface area contributed by atoms with Gasteiger partial charge in [-0.05, 0) is 7.05 Å². The van der Waals surface area contributed by atoms with E-state index in [1.165, 1.54) is 13.8 Å². The van der Waals surface area contributed by atoms with Gasteiger partial charge in [-0.25, -0.2) is 0 Å². The Kier molecular flexibility index (Phi) is 6.74. The maximum absolute atomic E-state index is 10.5. The first-order valence-electron chi connectivity index (χ1n) is 4.70. The summed E-state index contributed by atoms with van der Waals surface area (Å²) in [6, 6.07) is 0. The molecule has 2 N–H and O–H groups in total. The van der Waals surface area contributed by atoms with Crippen LogP contribution < -0.4 is 10.6 Å². The van der Waals surface area contributed by atoms with Gasteiger partial charge in [-0.3, -0.25) is 9.59 Å². The zero-order valence-electron chi connectivity index (χ0n) is 9.09. The van der Waals surface area contributed by atoms with Crippen molar-refractivity contribution < 1.29 is 9.59 Å². The summed E-state index contributed by atoms with van der Waals surface area (Å²) >= 11 is 0. The highest BCUT2D eigenvalue weighted by Gasteiger charge is 1.98. The van der Waals surface area contributed by atoms with Gasteiger partial charge in [-0.2, -0.15) is 0 Å². The highest BCUT2D eigenvalue weighted by atomic mass is 16.2. The van der Waals surface area contributed by atoms with Gasteiger partial charge in [0.1, 0.15) is 0 Å². The molecule has 0 aliphatic heterocycles. The Balaban J connectivity index is 3.32. The van der Waals surface area contributed by atoms with E-state index < -0.39 is 0 Å². The van der Waals surface area contributed by atoms with Crippen LogP contribution in [-0.4, -0.2) is 49.9 Å². The fourth-order valence-electron chi connectivity index (χ4n) is 0.957. The van der Waals surface area contributed by atoms with Gasteiger partial charge >= 0.3 is 0 Å². The number of nitrogens with one attached hydrogen (secondary N) is 2. The average molecular weight is 201 g/mol. The molecule has 0 heterocycles. The van der Waals surface area contributed by atoms with Gasteiger partial charge in [-0.15, -0.1) is 0 Å². The van der Waals surface area contributed by atoms with Gasteiger partial charge in [0.05, 0.1) is 0 Å². The van der Waals surface area contributed by atoms with E-state index in [4.69, 9.17) is 0 Å². The topological polar surface area (TPSA) is 61.4 Å². The van der Waals surface area contributed by atoms with Crippen molar-refractivity contribution in [3.05, 3.63) is 0 Å². The second kappa shape index (κ2) is 7.32. The summed E-state index contributed by atoms with van der Waals surface area (Å²) < 4.78 is 0. The van der Waals surface area contributed by atoms with Crippen LogP contribution in [0.25, 0.3) is 0 Å². The van der Waals surface area contributed by atoms with Crippen molar-refractivity contribution in [1.82, 2.24) is 15.5 Å². The number of hydrogen-bond donors (Lipinski definition) is 2. The molecule has 0 unspecified atom stereocenters. The van der Waals surface area contributed by atoms with Gasteiger partial charge in [0.2, 0.25) is 11.8 Å². The first kappa shape index (κ1) is 12.9. The van der Waals surface area contributed by atoms with Crippen LogP contribution >= 0.6 is 0 Å². The maximum Gasteiger partial charge on any atom is 0.216 e. The lowest BCUT2D eigenvalue weighted by molar-refractivity contribution is -0.119. The fourth-order valence-corrected chi connectivity index (χ4v) is 0.957. The molecule has 0 saturated carbocycles. The second-order valence-electron chi connectivity index (χ2n) is 3.27. The molecule has 0 radical (unpaired) electrons. The van der Waals surface area contributed by atoms with Crippen LogP contribution in [0, 0.1) is 0 Å². The molecule has 0 aromatic carbocycles. The van der Waals surface area contributed by atoms with Crippen LogP contribution in [0.5, 0.6) is 0 Å². The molecule has 82 valence electrons. The van der Waals surface area contributed by atoms with E-state index in [0.29, 0.717) is 13.1 Å². The van der Waals surface area contributed by atoms with Crippen molar-refractivity contribution in [2.75, 3.05) is 33.2 Å². The zero-order valence-corrected chi connectivity index (χ0v) is 9.09. The van der Waals surface area contributed by atoms with Crippen LogP contribution in [0.1, 0.15) is 13.8 Å². The lowest BCUT2D eigenvalue weighted by atomic mass is 10.4. The van der Waals surface area contributed by atoms with Gasteiger partial charge < -0.3 is 15.5 Å². The molecule has 0 rings (SSSR count). The Hall–Kier alpha value is -1.10. The molecular formula is C9H19N3O2. The third-order valence-electron chi connectivity index (χ3n) is 1.73. The lowest BCUT2D eigenvalue weighted by Crippen LogP contribution is -2.36. The second-order valence-corrected chi connectivity index (χ2v) is 3.27. The lowest BCUT2D eigenvalue weighted by Gasteiger charge is -2.16. The van der Waals surface area contributed by atoms with Gasteiger partial charge in [-0.1, -0.05) is 0 Å². The Morgan fingerprint density at radius 1 is 1.00 bits per heavy atom. The van der Waals surface area contributed by atoms with Crippen LogP contribution in [0.2, 0.25) is 0 Å². The third-order valence-corrected chi connectivity index (χ3v) is 1.73. The van der Waals surface area contributed by atoms with Crippen molar-refractivity contribution >= 4 is 11.8 Å². The summed E-state index contributed by atoms with van der Waals surface area (Å²) in [5, 5.41) is 5.42. The van der Waals surface area contributed by atoms with E-state index in [9.17, 15) is 9.59 Å². The van der Waals surface area contributed by atoms with Crippen molar-refractivity contribution in [2.24, 2.45) is 0 Å². The molecule has 0 spiro atoms. The number of carbonyl (C=O) groups excluding carboxylic acids is 2. The molecule has 0 aliphatic carbocycles. The number of rotatable bonds is 6. The van der Waals surface area contributed by atoms with Crippen molar-refractivity contribution in [3.8, 4) is 0 Å². The summed E-state index contributed by atoms with van der Waals surface area (Å²) in [5.41, 5.74) is 0. The molecule has 0 aromatic heterocycles. The standard InChI is InChI=1S/C9H19N3O2/c1-8(13)10-4-6-12(3)7-5-11-9(2)14/h4-7H2,1-3H3,(H,10,13)(H,11,14). The molecule has 0 aliphatic rings. The molecule has 2 amide bonds. The summed E-state index contributed by atoms with van der Waals surface area (Å²) in [7, 11) is 1.95. The molecule has 0 atom stereocenters. The predicted molar refractivity (Wildman–Crippen MR) is 54.9 cm³/mol. The maximum atomic E-state index is 10.5. The highest BCUT2D eigenvalue weighted by Crippen LogP contribution is 1.79. The molecule has 5 nitrogen and oxygen atoms in total. The van der Waals surface area contributed by atoms with E-state index >= 15 is 0 Å². The minimum absolute atomic E-state index is 0.0136. The van der Waals surface area contributed by atoms with Crippen LogP contribution in [-0.2, 0) is 9.59 Å². The number of likely N-dealkylation sites (N-methyl/N-ethyl adjacent to an activating group) is 1. The summed E-state index contributed by atoms with van der Waals surface area (Å²) in [4.78, 5) is 23.1. The quantitative estimate of drug-likeness (QED) is 0.591. The van der Waals surface area contributed by atoms with Crippen molar-refractivity contribution in [2.45, 2.75) is 13.8 Å². The van der Waals surface area contributed by atoms with Crippen molar-refractivity contribution in [3.63, 3.8) is 0 Å². The zero-order chi connectivity index (χ0) is 11.0. The molecule has 0 fully saturated rings. The summed E-state index contributed by atoms with van der Waals surface area (Å²) in [5.74, 6) is -0.0273. The molecule has 0 saturated heterocycles. The molecule has 14 heavy (non-hydrogen) atoms. The van der Waals surface area contributed by atoms with E-state index in [1.807, 2.05) is 11.9 Å². The van der Waals surface area contributed by atoms with Gasteiger partial charge in [0.25, 0.3) is 0 Å². The highest BCUT2D eigenvalue weighted by molar-refractivity contribution is 5.73. The third kappa shape index (κ3) is 8.99. The first-order chi connectivity index (χ1) is 6.52. The summed E-state index contributed by atoms with van der Waals surface area (Å²) in [6.07, 6.45) is 0. The smallest absolute Gasteiger partial charge is 0.216 e. The average Bonchev–Trinajstić information content (AvgIpc) is 2.02. The van der Waals surface area contributed by atoms with Gasteiger partial charge in [0, 0.05) is 40.0 Å². The minimum Gasteiger partial charge on any atom is -0.355 e. The molecule has 5 heteroatoms. The van der Waals surface area contributed by atoms with Crippen LogP contribution in [0.15, 0.2) is 0 Å². The Labute approximate surface area is 84.8 Å². The molecule has 0 bridgehead atoms. The Bertz CT molecular complexity index is 174. The minimum atomic E-state index is -0.0136. The number of carbonyl (C=O) groups is 2. The van der Waals surface area contributed by atoms with E-state index in [2.05, 4.69) is 10.6 Å². The van der Waals surface area contributed by atoms with Crippen molar-refractivity contribution in [1.29, 1.82) is 0 Å². The Morgan fingerprint density at radius 2 is 1.36 bits per heavy atom. The van der Waals surface area contributed by atoms with E-state index in [-0.39, 0.29) is 11.8 Å². The number of nitrogens with zero attached hydrogens (tertiary/aromatic N) is 1. The fraction of sp³-hybridized carbons (Fsp3) is 0.778. The van der Waals surface area contributed by atoms with Crippen LogP contribution in [0.3, 0.4) is 0 Å². The first-order valence-corrected chi connectivity index (χ1v) is 4.70. The molecule has 0 aromatic rings. The van der Waals surface area contributed by atoms with Gasteiger partial charge in [0.15, 0.2) is 0 Å². The van der Waals surface area contributed by atoms with E-state index in [1.54, 1.807) is 0 Å². The largest absolute Gasteiger partial charge is 0.355 e. The summed E-state index contributed by atoms with van der Waals surface area (Å²) in [6.45, 7) is 5.87. The number of amides is 2. The van der Waals surface area contributed by atoms with Crippen LogP contribution in [0.4, 0.5) is 0 Å². The predicted octanol–water partition coefficient (Wildman–Crippen LogP) is -0.810.